The van der Waals surface area contributed by atoms with Crippen molar-refractivity contribution in [3.63, 3.8) is 0 Å². The van der Waals surface area contributed by atoms with Crippen LogP contribution in [0, 0.1) is 0 Å². The predicted molar refractivity (Wildman–Crippen MR) is 89.0 cm³/mol. The van der Waals surface area contributed by atoms with Crippen LogP contribution in [-0.2, 0) is 6.18 Å². The summed E-state index contributed by atoms with van der Waals surface area (Å²) in [6, 6.07) is 3.40. The molecule has 1 aromatic carbocycles. The lowest BCUT2D eigenvalue weighted by Crippen LogP contribution is -2.26. The molecule has 132 valence electrons. The molecule has 0 radical (unpaired) electrons. The van der Waals surface area contributed by atoms with Crippen molar-refractivity contribution >= 4 is 22.5 Å². The Labute approximate surface area is 141 Å². The molecule has 0 bridgehead atoms. The third kappa shape index (κ3) is 2.75. The number of aromatic amines is 1. The fraction of sp³-hybridized carbons (Fsp3) is 0.412. The van der Waals surface area contributed by atoms with E-state index in [0.29, 0.717) is 17.0 Å². The number of hydrogen-bond donors (Lipinski definition) is 1. The minimum atomic E-state index is -4.46. The van der Waals surface area contributed by atoms with Crippen molar-refractivity contribution in [3.05, 3.63) is 40.3 Å². The summed E-state index contributed by atoms with van der Waals surface area (Å²) in [5.74, 6) is 0.618. The van der Waals surface area contributed by atoms with Crippen molar-refractivity contribution in [1.29, 1.82) is 0 Å². The second kappa shape index (κ2) is 5.79. The smallest absolute Gasteiger partial charge is 0.342 e. The van der Waals surface area contributed by atoms with E-state index in [0.717, 1.165) is 50.9 Å². The summed E-state index contributed by atoms with van der Waals surface area (Å²) in [5.41, 5.74) is -0.223. The second-order valence-corrected chi connectivity index (χ2v) is 6.36. The molecule has 2 aromatic heterocycles. The number of benzene rings is 1. The van der Waals surface area contributed by atoms with Gasteiger partial charge in [0.05, 0.1) is 22.8 Å². The fourth-order valence-corrected chi connectivity index (χ4v) is 3.43. The van der Waals surface area contributed by atoms with Crippen LogP contribution >= 0.6 is 0 Å². The van der Waals surface area contributed by atoms with E-state index >= 15 is 0 Å². The van der Waals surface area contributed by atoms with Crippen molar-refractivity contribution in [2.75, 3.05) is 18.0 Å². The molecule has 8 heteroatoms. The Morgan fingerprint density at radius 1 is 1.04 bits per heavy atom. The van der Waals surface area contributed by atoms with E-state index in [1.807, 2.05) is 0 Å². The number of fused-ring (bicyclic) bond motifs is 3. The van der Waals surface area contributed by atoms with E-state index in [4.69, 9.17) is 0 Å². The van der Waals surface area contributed by atoms with Crippen molar-refractivity contribution in [3.8, 4) is 0 Å². The lowest BCUT2D eigenvalue weighted by Gasteiger charge is -2.21. The van der Waals surface area contributed by atoms with Crippen LogP contribution in [0.15, 0.2) is 29.2 Å². The zero-order valence-electron chi connectivity index (χ0n) is 13.4. The number of anilines is 1. The highest BCUT2D eigenvalue weighted by molar-refractivity contribution is 5.80. The molecule has 1 aliphatic rings. The number of imidazole rings is 1. The molecule has 0 atom stereocenters. The van der Waals surface area contributed by atoms with E-state index in [1.54, 1.807) is 4.40 Å². The van der Waals surface area contributed by atoms with Gasteiger partial charge < -0.3 is 9.88 Å². The van der Waals surface area contributed by atoms with Gasteiger partial charge in [0.15, 0.2) is 0 Å². The largest absolute Gasteiger partial charge is 0.416 e. The Morgan fingerprint density at radius 3 is 2.44 bits per heavy atom. The van der Waals surface area contributed by atoms with Crippen LogP contribution in [0.3, 0.4) is 0 Å². The summed E-state index contributed by atoms with van der Waals surface area (Å²) in [6.45, 7) is 1.65. The maximum atomic E-state index is 13.0. The standard InChI is InChI=1S/C17H17F3N4O/c18-17(19,20)11-5-6-13-12(9-11)22-15(25)14-10-21-16(24(13)14)23-7-3-1-2-4-8-23/h5-6,9-10H,1-4,7-8H2,(H,22,25). The topological polar surface area (TPSA) is 53.4 Å². The Balaban J connectivity index is 1.95. The van der Waals surface area contributed by atoms with Gasteiger partial charge in [-0.25, -0.2) is 4.98 Å². The highest BCUT2D eigenvalue weighted by atomic mass is 19.4. The number of aromatic nitrogens is 3. The molecule has 1 saturated heterocycles. The summed E-state index contributed by atoms with van der Waals surface area (Å²) in [7, 11) is 0. The van der Waals surface area contributed by atoms with E-state index < -0.39 is 17.3 Å². The molecule has 0 saturated carbocycles. The van der Waals surface area contributed by atoms with Gasteiger partial charge >= 0.3 is 6.18 Å². The normalized spacial score (nSPS) is 16.5. The summed E-state index contributed by atoms with van der Waals surface area (Å²) >= 11 is 0. The van der Waals surface area contributed by atoms with Gasteiger partial charge in [-0.05, 0) is 31.0 Å². The van der Waals surface area contributed by atoms with Crippen LogP contribution in [0.1, 0.15) is 31.2 Å². The quantitative estimate of drug-likeness (QED) is 0.730. The van der Waals surface area contributed by atoms with E-state index in [2.05, 4.69) is 14.9 Å². The van der Waals surface area contributed by atoms with Gasteiger partial charge in [-0.2, -0.15) is 13.2 Å². The molecule has 0 aliphatic carbocycles. The lowest BCUT2D eigenvalue weighted by atomic mass is 10.2. The fourth-order valence-electron chi connectivity index (χ4n) is 3.43. The highest BCUT2D eigenvalue weighted by Gasteiger charge is 2.31. The van der Waals surface area contributed by atoms with Gasteiger partial charge in [0.1, 0.15) is 5.52 Å². The minimum Gasteiger partial charge on any atom is -0.342 e. The summed E-state index contributed by atoms with van der Waals surface area (Å²) in [4.78, 5) is 21.3. The Kier molecular flexibility index (Phi) is 3.70. The predicted octanol–water partition coefficient (Wildman–Crippen LogP) is 3.58. The number of nitrogens with zero attached hydrogens (tertiary/aromatic N) is 3. The molecule has 0 unspecified atom stereocenters. The van der Waals surface area contributed by atoms with Crippen LogP contribution in [-0.4, -0.2) is 27.5 Å². The second-order valence-electron chi connectivity index (χ2n) is 6.36. The van der Waals surface area contributed by atoms with Gasteiger partial charge in [-0.15, -0.1) is 0 Å². The van der Waals surface area contributed by atoms with E-state index in [9.17, 15) is 18.0 Å². The van der Waals surface area contributed by atoms with Crippen LogP contribution in [0.25, 0.3) is 16.6 Å². The molecular weight excluding hydrogens is 333 g/mol. The third-order valence-corrected chi connectivity index (χ3v) is 4.68. The summed E-state index contributed by atoms with van der Waals surface area (Å²) < 4.78 is 40.6. The van der Waals surface area contributed by atoms with Gasteiger partial charge in [0, 0.05) is 13.1 Å². The molecule has 5 nitrogen and oxygen atoms in total. The number of hydrogen-bond acceptors (Lipinski definition) is 3. The van der Waals surface area contributed by atoms with Crippen molar-refractivity contribution in [1.82, 2.24) is 14.4 Å². The zero-order chi connectivity index (χ0) is 17.6. The first-order chi connectivity index (χ1) is 11.9. The Bertz CT molecular complexity index is 981. The van der Waals surface area contributed by atoms with Gasteiger partial charge in [-0.3, -0.25) is 9.20 Å². The highest BCUT2D eigenvalue weighted by Crippen LogP contribution is 2.31. The molecule has 3 aromatic rings. The summed E-state index contributed by atoms with van der Waals surface area (Å²) in [5, 5.41) is 0. The molecule has 1 fully saturated rings. The van der Waals surface area contributed by atoms with Crippen LogP contribution in [0.5, 0.6) is 0 Å². The first-order valence-corrected chi connectivity index (χ1v) is 8.31. The minimum absolute atomic E-state index is 0.154. The van der Waals surface area contributed by atoms with Crippen LogP contribution in [0.2, 0.25) is 0 Å². The molecule has 1 aliphatic heterocycles. The number of rotatable bonds is 1. The van der Waals surface area contributed by atoms with Crippen molar-refractivity contribution in [2.24, 2.45) is 0 Å². The number of nitrogens with one attached hydrogen (secondary N) is 1. The average Bonchev–Trinajstić information content (AvgIpc) is 2.83. The van der Waals surface area contributed by atoms with E-state index in [-0.39, 0.29) is 5.52 Å². The maximum absolute atomic E-state index is 13.0. The molecule has 0 spiro atoms. The number of alkyl halides is 3. The Morgan fingerprint density at radius 2 is 1.76 bits per heavy atom. The number of H-pyrrole nitrogens is 1. The summed E-state index contributed by atoms with van der Waals surface area (Å²) in [6.07, 6.45) is 1.40. The van der Waals surface area contributed by atoms with Crippen LogP contribution in [0.4, 0.5) is 19.1 Å². The SMILES string of the molecule is O=c1[nH]c2cc(C(F)(F)F)ccc2n2c(N3CCCCCC3)ncc12. The third-order valence-electron chi connectivity index (χ3n) is 4.68. The van der Waals surface area contributed by atoms with E-state index in [1.165, 1.54) is 12.3 Å². The monoisotopic (exact) mass is 350 g/mol. The lowest BCUT2D eigenvalue weighted by molar-refractivity contribution is -0.137. The van der Waals surface area contributed by atoms with Crippen LogP contribution < -0.4 is 10.5 Å². The van der Waals surface area contributed by atoms with Crippen molar-refractivity contribution in [2.45, 2.75) is 31.9 Å². The average molecular weight is 350 g/mol. The zero-order valence-corrected chi connectivity index (χ0v) is 13.4. The molecule has 1 N–H and O–H groups in total. The maximum Gasteiger partial charge on any atom is 0.416 e. The molecule has 4 rings (SSSR count). The molecular formula is C17H17F3N4O. The van der Waals surface area contributed by atoms with Crippen molar-refractivity contribution < 1.29 is 13.2 Å². The first kappa shape index (κ1) is 16.0. The Hall–Kier alpha value is -2.51. The first-order valence-electron chi connectivity index (χ1n) is 8.31. The molecule has 0 amide bonds. The molecule has 25 heavy (non-hydrogen) atoms. The number of halogens is 3. The van der Waals surface area contributed by atoms with Gasteiger partial charge in [0.2, 0.25) is 5.95 Å². The molecule has 3 heterocycles. The van der Waals surface area contributed by atoms with Gasteiger partial charge in [0.25, 0.3) is 5.56 Å². The van der Waals surface area contributed by atoms with Gasteiger partial charge in [-0.1, -0.05) is 12.8 Å².